The quantitative estimate of drug-likeness (QED) is 0.666. The maximum atomic E-state index is 11.8. The Morgan fingerprint density at radius 2 is 1.87 bits per heavy atom. The van der Waals surface area contributed by atoms with Gasteiger partial charge >= 0.3 is 5.97 Å². The second-order valence-electron chi connectivity index (χ2n) is 5.36. The van der Waals surface area contributed by atoms with E-state index in [1.54, 1.807) is 7.11 Å². The number of likely N-dealkylation sites (N-methyl/N-ethyl adjacent to an activating group) is 1. The molecule has 0 spiro atoms. The summed E-state index contributed by atoms with van der Waals surface area (Å²) < 4.78 is 10.6. The molecule has 6 nitrogen and oxygen atoms in total. The number of aliphatic carboxylic acids is 1. The van der Waals surface area contributed by atoms with Crippen molar-refractivity contribution in [1.82, 2.24) is 4.90 Å². The monoisotopic (exact) mass is 323 g/mol. The van der Waals surface area contributed by atoms with Crippen molar-refractivity contribution in [2.24, 2.45) is 0 Å². The fraction of sp³-hybridized carbons (Fsp3) is 0.529. The summed E-state index contributed by atoms with van der Waals surface area (Å²) in [4.78, 5) is 23.9. The van der Waals surface area contributed by atoms with Crippen LogP contribution in [0.1, 0.15) is 25.3 Å². The molecule has 1 aromatic carbocycles. The minimum Gasteiger partial charge on any atom is -0.494 e. The Bertz CT molecular complexity index is 500. The zero-order valence-corrected chi connectivity index (χ0v) is 13.9. The molecule has 23 heavy (non-hydrogen) atoms. The number of carboxylic acid groups (broad SMARTS) is 1. The van der Waals surface area contributed by atoms with Crippen molar-refractivity contribution < 1.29 is 24.2 Å². The summed E-state index contributed by atoms with van der Waals surface area (Å²) >= 11 is 0. The molecule has 0 fully saturated rings. The van der Waals surface area contributed by atoms with Gasteiger partial charge in [0.15, 0.2) is 0 Å². The van der Waals surface area contributed by atoms with E-state index in [-0.39, 0.29) is 12.3 Å². The molecule has 6 heteroatoms. The molecular formula is C17H25NO5. The number of carbonyl (C=O) groups is 2. The van der Waals surface area contributed by atoms with Gasteiger partial charge in [-0.3, -0.25) is 4.79 Å². The van der Waals surface area contributed by atoms with Crippen LogP contribution in [0.15, 0.2) is 24.3 Å². The zero-order valence-electron chi connectivity index (χ0n) is 13.9. The maximum absolute atomic E-state index is 11.8. The molecule has 0 aliphatic rings. The molecule has 0 aromatic heterocycles. The van der Waals surface area contributed by atoms with Crippen LogP contribution in [0.2, 0.25) is 0 Å². The van der Waals surface area contributed by atoms with E-state index in [9.17, 15) is 9.59 Å². The van der Waals surface area contributed by atoms with Gasteiger partial charge in [0.25, 0.3) is 0 Å². The zero-order chi connectivity index (χ0) is 17.2. The number of nitrogens with zero attached hydrogens (tertiary/aromatic N) is 1. The van der Waals surface area contributed by atoms with Gasteiger partial charge in [0.05, 0.1) is 13.2 Å². The van der Waals surface area contributed by atoms with Crippen LogP contribution in [0, 0.1) is 0 Å². The van der Waals surface area contributed by atoms with E-state index >= 15 is 0 Å². The molecule has 0 aliphatic carbocycles. The summed E-state index contributed by atoms with van der Waals surface area (Å²) in [5, 5.41) is 8.87. The number of hydrogen-bond acceptors (Lipinski definition) is 4. The molecule has 0 heterocycles. The van der Waals surface area contributed by atoms with Crippen molar-refractivity contribution >= 4 is 11.9 Å². The highest BCUT2D eigenvalue weighted by Gasteiger charge is 2.20. The molecule has 1 unspecified atom stereocenters. The molecule has 0 aliphatic heterocycles. The Hall–Kier alpha value is -2.08. The lowest BCUT2D eigenvalue weighted by atomic mass is 10.1. The number of amides is 1. The highest BCUT2D eigenvalue weighted by Crippen LogP contribution is 2.13. The minimum atomic E-state index is -1.01. The third-order valence-corrected chi connectivity index (χ3v) is 3.65. The SMILES string of the molecule is COCCc1ccc(OCCCC(=O)N(C)C(C)C(=O)O)cc1. The molecule has 0 bridgehead atoms. The van der Waals surface area contributed by atoms with Gasteiger partial charge in [0.2, 0.25) is 5.91 Å². The summed E-state index contributed by atoms with van der Waals surface area (Å²) in [6, 6.07) is 6.95. The van der Waals surface area contributed by atoms with E-state index in [4.69, 9.17) is 14.6 Å². The molecule has 1 rings (SSSR count). The molecule has 1 aromatic rings. The molecule has 1 atom stereocenters. The first-order valence-electron chi connectivity index (χ1n) is 7.65. The van der Waals surface area contributed by atoms with E-state index in [0.29, 0.717) is 19.6 Å². The van der Waals surface area contributed by atoms with Crippen LogP contribution in [0.5, 0.6) is 5.75 Å². The van der Waals surface area contributed by atoms with Crippen molar-refractivity contribution in [3.05, 3.63) is 29.8 Å². The lowest BCUT2D eigenvalue weighted by Gasteiger charge is -2.21. The summed E-state index contributed by atoms with van der Waals surface area (Å²) in [7, 11) is 3.17. The number of carboxylic acids is 1. The Morgan fingerprint density at radius 1 is 1.22 bits per heavy atom. The molecule has 1 N–H and O–H groups in total. The maximum Gasteiger partial charge on any atom is 0.326 e. The van der Waals surface area contributed by atoms with Crippen molar-refractivity contribution in [3.8, 4) is 5.75 Å². The first kappa shape index (κ1) is 19.0. The first-order valence-corrected chi connectivity index (χ1v) is 7.65. The van der Waals surface area contributed by atoms with Crippen LogP contribution >= 0.6 is 0 Å². The van der Waals surface area contributed by atoms with Gasteiger partial charge in [-0.1, -0.05) is 12.1 Å². The Labute approximate surface area is 137 Å². The third kappa shape index (κ3) is 6.69. The van der Waals surface area contributed by atoms with Gasteiger partial charge in [0.1, 0.15) is 11.8 Å². The van der Waals surface area contributed by atoms with Crippen molar-refractivity contribution in [2.75, 3.05) is 27.4 Å². The normalized spacial score (nSPS) is 11.8. The van der Waals surface area contributed by atoms with E-state index in [1.165, 1.54) is 24.4 Å². The summed E-state index contributed by atoms with van der Waals surface area (Å²) in [6.45, 7) is 2.59. The van der Waals surface area contributed by atoms with Crippen LogP contribution in [-0.2, 0) is 20.7 Å². The Morgan fingerprint density at radius 3 is 2.43 bits per heavy atom. The third-order valence-electron chi connectivity index (χ3n) is 3.65. The van der Waals surface area contributed by atoms with Gasteiger partial charge in [-0.25, -0.2) is 4.79 Å². The minimum absolute atomic E-state index is 0.196. The Balaban J connectivity index is 2.29. The van der Waals surface area contributed by atoms with Crippen LogP contribution in [0.25, 0.3) is 0 Å². The summed E-state index contributed by atoms with van der Waals surface area (Å²) in [6.07, 6.45) is 1.67. The predicted molar refractivity (Wildman–Crippen MR) is 86.6 cm³/mol. The van der Waals surface area contributed by atoms with E-state index in [1.807, 2.05) is 24.3 Å². The molecular weight excluding hydrogens is 298 g/mol. The van der Waals surface area contributed by atoms with Crippen LogP contribution < -0.4 is 4.74 Å². The number of carbonyl (C=O) groups excluding carboxylic acids is 1. The molecule has 0 saturated carbocycles. The standard InChI is InChI=1S/C17H25NO5/c1-13(17(20)21)18(2)16(19)5-4-11-23-15-8-6-14(7-9-15)10-12-22-3/h6-9,13H,4-5,10-12H2,1-3H3,(H,20,21). The fourth-order valence-corrected chi connectivity index (χ4v) is 1.94. The summed E-state index contributed by atoms with van der Waals surface area (Å²) in [5.41, 5.74) is 1.18. The van der Waals surface area contributed by atoms with Gasteiger partial charge < -0.3 is 19.5 Å². The van der Waals surface area contributed by atoms with E-state index in [0.717, 1.165) is 12.2 Å². The fourth-order valence-electron chi connectivity index (χ4n) is 1.94. The second kappa shape index (κ2) is 9.84. The molecule has 0 saturated heterocycles. The molecule has 1 amide bonds. The second-order valence-corrected chi connectivity index (χ2v) is 5.36. The first-order chi connectivity index (χ1) is 11.0. The van der Waals surface area contributed by atoms with Crippen LogP contribution in [-0.4, -0.2) is 55.3 Å². The molecule has 0 radical (unpaired) electrons. The topological polar surface area (TPSA) is 76.1 Å². The van der Waals surface area contributed by atoms with Gasteiger partial charge in [-0.05, 0) is 37.5 Å². The van der Waals surface area contributed by atoms with Crippen molar-refractivity contribution in [2.45, 2.75) is 32.2 Å². The van der Waals surface area contributed by atoms with Gasteiger partial charge in [0, 0.05) is 20.6 Å². The number of hydrogen-bond donors (Lipinski definition) is 1. The highest BCUT2D eigenvalue weighted by molar-refractivity contribution is 5.83. The lowest BCUT2D eigenvalue weighted by Crippen LogP contribution is -2.40. The Kier molecular flexibility index (Phi) is 8.11. The lowest BCUT2D eigenvalue weighted by molar-refractivity contribution is -0.148. The van der Waals surface area contributed by atoms with Crippen molar-refractivity contribution in [1.29, 1.82) is 0 Å². The number of ether oxygens (including phenoxy) is 2. The largest absolute Gasteiger partial charge is 0.494 e. The number of benzene rings is 1. The smallest absolute Gasteiger partial charge is 0.326 e. The van der Waals surface area contributed by atoms with E-state index < -0.39 is 12.0 Å². The summed E-state index contributed by atoms with van der Waals surface area (Å²) in [5.74, 6) is -0.449. The average Bonchev–Trinajstić information content (AvgIpc) is 2.56. The van der Waals surface area contributed by atoms with Gasteiger partial charge in [-0.15, -0.1) is 0 Å². The van der Waals surface area contributed by atoms with Gasteiger partial charge in [-0.2, -0.15) is 0 Å². The predicted octanol–water partition coefficient (Wildman–Crippen LogP) is 1.97. The number of rotatable bonds is 10. The van der Waals surface area contributed by atoms with Crippen LogP contribution in [0.3, 0.4) is 0 Å². The van der Waals surface area contributed by atoms with E-state index in [2.05, 4.69) is 0 Å². The van der Waals surface area contributed by atoms with Crippen LogP contribution in [0.4, 0.5) is 0 Å². The number of methoxy groups -OCH3 is 1. The molecule has 128 valence electrons. The van der Waals surface area contributed by atoms with Crippen molar-refractivity contribution in [3.63, 3.8) is 0 Å². The average molecular weight is 323 g/mol. The highest BCUT2D eigenvalue weighted by atomic mass is 16.5.